The van der Waals surface area contributed by atoms with Crippen molar-refractivity contribution in [1.29, 1.82) is 0 Å². The molecule has 0 spiro atoms. The summed E-state index contributed by atoms with van der Waals surface area (Å²) in [4.78, 5) is 13.2. The first-order valence-electron chi connectivity index (χ1n) is 9.75. The van der Waals surface area contributed by atoms with Crippen LogP contribution in [-0.4, -0.2) is 18.8 Å². The summed E-state index contributed by atoms with van der Waals surface area (Å²) in [5.41, 5.74) is 4.55. The summed E-state index contributed by atoms with van der Waals surface area (Å²) in [5, 5.41) is 0. The van der Waals surface area contributed by atoms with Crippen LogP contribution in [0.15, 0.2) is 95.8 Å². The Bertz CT molecular complexity index is 1210. The summed E-state index contributed by atoms with van der Waals surface area (Å²) in [7, 11) is 3.28. The molecule has 0 aliphatic heterocycles. The molecular weight excluding hydrogens is 374 g/mol. The van der Waals surface area contributed by atoms with Gasteiger partial charge in [0.15, 0.2) is 0 Å². The highest BCUT2D eigenvalue weighted by atomic mass is 16.5. The third-order valence-electron chi connectivity index (χ3n) is 5.08. The summed E-state index contributed by atoms with van der Waals surface area (Å²) in [5.74, 6) is 1.50. The Labute approximate surface area is 176 Å². The molecule has 4 aromatic rings. The Kier molecular flexibility index (Phi) is 5.66. The van der Waals surface area contributed by atoms with E-state index in [1.54, 1.807) is 24.9 Å². The second-order valence-corrected chi connectivity index (χ2v) is 7.00. The van der Waals surface area contributed by atoms with E-state index in [1.165, 1.54) is 0 Å². The first-order valence-corrected chi connectivity index (χ1v) is 9.75. The van der Waals surface area contributed by atoms with Gasteiger partial charge in [0.25, 0.3) is 5.56 Å². The quantitative estimate of drug-likeness (QED) is 0.446. The fourth-order valence-electron chi connectivity index (χ4n) is 3.52. The van der Waals surface area contributed by atoms with Gasteiger partial charge in [-0.15, -0.1) is 0 Å². The monoisotopic (exact) mass is 397 g/mol. The predicted octanol–water partition coefficient (Wildman–Crippen LogP) is 5.25. The van der Waals surface area contributed by atoms with Crippen LogP contribution >= 0.6 is 0 Å². The fraction of sp³-hybridized carbons (Fsp3) is 0.115. The number of hydrogen-bond donors (Lipinski definition) is 0. The molecule has 0 bridgehead atoms. The minimum Gasteiger partial charge on any atom is -0.497 e. The number of methoxy groups -OCH3 is 2. The van der Waals surface area contributed by atoms with Crippen molar-refractivity contribution < 1.29 is 9.47 Å². The topological polar surface area (TPSA) is 40.5 Å². The lowest BCUT2D eigenvalue weighted by atomic mass is 10.0. The largest absolute Gasteiger partial charge is 0.497 e. The number of hydrogen-bond acceptors (Lipinski definition) is 3. The molecule has 4 heteroatoms. The van der Waals surface area contributed by atoms with Crippen molar-refractivity contribution in [3.8, 4) is 33.9 Å². The van der Waals surface area contributed by atoms with Gasteiger partial charge in [-0.1, -0.05) is 54.6 Å². The average Bonchev–Trinajstić information content (AvgIpc) is 2.81. The minimum absolute atomic E-state index is 0.0583. The van der Waals surface area contributed by atoms with Gasteiger partial charge in [-0.3, -0.25) is 4.79 Å². The van der Waals surface area contributed by atoms with Crippen molar-refractivity contribution in [2.75, 3.05) is 14.2 Å². The van der Waals surface area contributed by atoms with Crippen LogP contribution in [0.5, 0.6) is 11.5 Å². The van der Waals surface area contributed by atoms with Crippen molar-refractivity contribution in [1.82, 2.24) is 4.57 Å². The SMILES string of the molecule is COc1cccc(-c2cc(-c3cccc(OC)c3)n(Cc3ccccc3)c(=O)c2)c1. The van der Waals surface area contributed by atoms with E-state index in [4.69, 9.17) is 9.47 Å². The molecule has 0 atom stereocenters. The lowest BCUT2D eigenvalue weighted by Gasteiger charge is -2.16. The Morgan fingerprint density at radius 2 is 1.30 bits per heavy atom. The number of nitrogens with zero attached hydrogens (tertiary/aromatic N) is 1. The Hall–Kier alpha value is -3.79. The van der Waals surface area contributed by atoms with E-state index in [9.17, 15) is 4.79 Å². The average molecular weight is 397 g/mol. The van der Waals surface area contributed by atoms with E-state index in [0.29, 0.717) is 6.54 Å². The molecule has 0 amide bonds. The molecule has 4 nitrogen and oxygen atoms in total. The third-order valence-corrected chi connectivity index (χ3v) is 5.08. The van der Waals surface area contributed by atoms with Crippen molar-refractivity contribution in [3.05, 3.63) is 107 Å². The summed E-state index contributed by atoms with van der Waals surface area (Å²) in [6, 6.07) is 29.2. The molecule has 0 aliphatic carbocycles. The van der Waals surface area contributed by atoms with E-state index in [0.717, 1.165) is 39.4 Å². The molecule has 0 saturated heterocycles. The third kappa shape index (κ3) is 4.13. The van der Waals surface area contributed by atoms with Gasteiger partial charge in [-0.25, -0.2) is 0 Å². The molecule has 30 heavy (non-hydrogen) atoms. The maximum absolute atomic E-state index is 13.2. The van der Waals surface area contributed by atoms with Gasteiger partial charge in [-0.2, -0.15) is 0 Å². The molecule has 1 aromatic heterocycles. The second-order valence-electron chi connectivity index (χ2n) is 7.00. The molecule has 4 rings (SSSR count). The van der Waals surface area contributed by atoms with Crippen LogP contribution in [-0.2, 0) is 6.54 Å². The molecule has 3 aromatic carbocycles. The predicted molar refractivity (Wildman–Crippen MR) is 120 cm³/mol. The Morgan fingerprint density at radius 3 is 1.97 bits per heavy atom. The highest BCUT2D eigenvalue weighted by Gasteiger charge is 2.12. The molecule has 150 valence electrons. The summed E-state index contributed by atoms with van der Waals surface area (Å²) >= 11 is 0. The van der Waals surface area contributed by atoms with E-state index < -0.39 is 0 Å². The molecule has 0 aliphatic rings. The molecule has 0 N–H and O–H groups in total. The van der Waals surface area contributed by atoms with Crippen LogP contribution in [0.25, 0.3) is 22.4 Å². The molecule has 0 saturated carbocycles. The maximum Gasteiger partial charge on any atom is 0.251 e. The molecule has 0 radical (unpaired) electrons. The van der Waals surface area contributed by atoms with Crippen LogP contribution in [0.1, 0.15) is 5.56 Å². The van der Waals surface area contributed by atoms with E-state index >= 15 is 0 Å². The molecule has 0 unspecified atom stereocenters. The van der Waals surface area contributed by atoms with E-state index in [1.807, 2.05) is 84.9 Å². The highest BCUT2D eigenvalue weighted by Crippen LogP contribution is 2.29. The van der Waals surface area contributed by atoms with E-state index in [2.05, 4.69) is 0 Å². The van der Waals surface area contributed by atoms with Crippen molar-refractivity contribution in [3.63, 3.8) is 0 Å². The van der Waals surface area contributed by atoms with Crippen LogP contribution in [0.4, 0.5) is 0 Å². The van der Waals surface area contributed by atoms with Gasteiger partial charge in [-0.05, 0) is 47.0 Å². The highest BCUT2D eigenvalue weighted by molar-refractivity contribution is 5.72. The van der Waals surface area contributed by atoms with Crippen LogP contribution in [0, 0.1) is 0 Å². The van der Waals surface area contributed by atoms with Gasteiger partial charge in [0, 0.05) is 11.6 Å². The second kappa shape index (κ2) is 8.70. The van der Waals surface area contributed by atoms with Gasteiger partial charge < -0.3 is 14.0 Å². The lowest BCUT2D eigenvalue weighted by Crippen LogP contribution is -2.22. The number of ether oxygens (including phenoxy) is 2. The number of rotatable bonds is 6. The number of benzene rings is 3. The lowest BCUT2D eigenvalue weighted by molar-refractivity contribution is 0.415. The fourth-order valence-corrected chi connectivity index (χ4v) is 3.52. The number of aromatic nitrogens is 1. The number of pyridine rings is 1. The van der Waals surface area contributed by atoms with Gasteiger partial charge in [0.2, 0.25) is 0 Å². The van der Waals surface area contributed by atoms with Crippen LogP contribution in [0.2, 0.25) is 0 Å². The van der Waals surface area contributed by atoms with E-state index in [-0.39, 0.29) is 5.56 Å². The first-order chi connectivity index (χ1) is 14.7. The molecular formula is C26H23NO3. The van der Waals surface area contributed by atoms with Crippen LogP contribution in [0.3, 0.4) is 0 Å². The van der Waals surface area contributed by atoms with Crippen LogP contribution < -0.4 is 15.0 Å². The summed E-state index contributed by atoms with van der Waals surface area (Å²) < 4.78 is 12.6. The summed E-state index contributed by atoms with van der Waals surface area (Å²) in [6.45, 7) is 0.491. The zero-order valence-corrected chi connectivity index (χ0v) is 17.0. The summed E-state index contributed by atoms with van der Waals surface area (Å²) in [6.07, 6.45) is 0. The van der Waals surface area contributed by atoms with Crippen molar-refractivity contribution in [2.45, 2.75) is 6.54 Å². The maximum atomic E-state index is 13.2. The minimum atomic E-state index is -0.0583. The Morgan fingerprint density at radius 1 is 0.667 bits per heavy atom. The zero-order chi connectivity index (χ0) is 20.9. The zero-order valence-electron chi connectivity index (χ0n) is 17.0. The molecule has 1 heterocycles. The van der Waals surface area contributed by atoms with Crippen molar-refractivity contribution >= 4 is 0 Å². The van der Waals surface area contributed by atoms with Gasteiger partial charge in [0.1, 0.15) is 11.5 Å². The molecule has 0 fully saturated rings. The van der Waals surface area contributed by atoms with Gasteiger partial charge in [0.05, 0.1) is 26.5 Å². The first kappa shape index (κ1) is 19.5. The smallest absolute Gasteiger partial charge is 0.251 e. The van der Waals surface area contributed by atoms with Gasteiger partial charge >= 0.3 is 0 Å². The van der Waals surface area contributed by atoms with Crippen molar-refractivity contribution in [2.24, 2.45) is 0 Å². The normalized spacial score (nSPS) is 10.6. The Balaban J connectivity index is 1.90. The standard InChI is InChI=1S/C26H23NO3/c1-29-23-12-6-10-20(14-23)22-16-25(21-11-7-13-24(15-21)30-2)27(26(28)17-22)18-19-8-4-3-5-9-19/h3-17H,18H2,1-2H3.